The summed E-state index contributed by atoms with van der Waals surface area (Å²) in [5.74, 6) is -6.93. The molecule has 0 aliphatic carbocycles. The van der Waals surface area contributed by atoms with Crippen molar-refractivity contribution >= 4 is 52.8 Å². The predicted molar refractivity (Wildman–Crippen MR) is 150 cm³/mol. The average molecular weight is 639 g/mol. The van der Waals surface area contributed by atoms with Gasteiger partial charge < -0.3 is 15.2 Å². The van der Waals surface area contributed by atoms with Crippen LogP contribution in [0.5, 0.6) is 0 Å². The van der Waals surface area contributed by atoms with E-state index >= 15 is 8.78 Å². The van der Waals surface area contributed by atoms with Gasteiger partial charge in [-0.1, -0.05) is 23.7 Å². The highest BCUT2D eigenvalue weighted by Crippen LogP contribution is 2.42. The Labute approximate surface area is 252 Å². The number of hydrogen-bond donors (Lipinski definition) is 2. The molecule has 0 saturated carbocycles. The molecule has 1 aromatic heterocycles. The van der Waals surface area contributed by atoms with Gasteiger partial charge in [-0.05, 0) is 19.9 Å². The van der Waals surface area contributed by atoms with Gasteiger partial charge in [0.2, 0.25) is 5.91 Å². The number of carbonyl (C=O) groups is 3. The van der Waals surface area contributed by atoms with Crippen LogP contribution in [0.15, 0.2) is 51.1 Å². The number of nitrogens with zero attached hydrogens (tertiary/aromatic N) is 5. The molecular weight excluding hydrogens is 613 g/mol. The summed E-state index contributed by atoms with van der Waals surface area (Å²) in [5.41, 5.74) is -1.28. The van der Waals surface area contributed by atoms with Crippen molar-refractivity contribution in [1.29, 1.82) is 0 Å². The van der Waals surface area contributed by atoms with Crippen LogP contribution < -0.4 is 5.32 Å². The van der Waals surface area contributed by atoms with E-state index in [9.17, 15) is 23.9 Å². The lowest BCUT2D eigenvalue weighted by atomic mass is 9.89. The number of halogens is 4. The summed E-state index contributed by atoms with van der Waals surface area (Å²) < 4.78 is 50.6. The Morgan fingerprint density at radius 3 is 2.70 bits per heavy atom. The molecule has 1 saturated heterocycles. The number of aliphatic imine (C=N–C) groups is 1. The summed E-state index contributed by atoms with van der Waals surface area (Å²) in [6.45, 7) is 1.56. The van der Waals surface area contributed by atoms with Crippen LogP contribution in [0.3, 0.4) is 0 Å². The summed E-state index contributed by atoms with van der Waals surface area (Å²) in [6.07, 6.45) is 2.20. The Morgan fingerprint density at radius 2 is 2.05 bits per heavy atom. The number of likely N-dealkylation sites (tertiary alicyclic amines) is 1. The van der Waals surface area contributed by atoms with Crippen molar-refractivity contribution in [3.8, 4) is 0 Å². The Hall–Kier alpha value is -3.82. The highest BCUT2D eigenvalue weighted by atomic mass is 35.5. The number of hydrogen-bond acceptors (Lipinski definition) is 10. The number of carbonyl (C=O) groups excluding carboxylic acids is 2. The lowest BCUT2D eigenvalue weighted by Gasteiger charge is -2.30. The lowest BCUT2D eigenvalue weighted by molar-refractivity contribution is -0.154. The molecule has 1 fully saturated rings. The molecule has 228 valence electrons. The highest BCUT2D eigenvalue weighted by molar-refractivity contribution is 7.11. The number of methoxy groups -OCH3 is 1. The topological polar surface area (TPSA) is 137 Å². The third-order valence-corrected chi connectivity index (χ3v) is 8.61. The molecule has 43 heavy (non-hydrogen) atoms. The maximum Gasteiger partial charge on any atom is 0.338 e. The summed E-state index contributed by atoms with van der Waals surface area (Å²) in [6, 6.07) is 0.116. The Morgan fingerprint density at radius 1 is 1.30 bits per heavy atom. The molecule has 3 aliphatic heterocycles. The first-order valence-corrected chi connectivity index (χ1v) is 14.2. The number of thiazole rings is 1. The smallest absolute Gasteiger partial charge is 0.338 e. The van der Waals surface area contributed by atoms with Gasteiger partial charge in [-0.25, -0.2) is 28.0 Å². The van der Waals surface area contributed by atoms with Crippen LogP contribution in [0.25, 0.3) is 0 Å². The molecule has 16 heteroatoms. The van der Waals surface area contributed by atoms with Crippen LogP contribution in [0.1, 0.15) is 36.9 Å². The molecule has 3 aliphatic rings. The van der Waals surface area contributed by atoms with E-state index in [1.165, 1.54) is 54.6 Å². The molecule has 4 heterocycles. The number of nitrogens with one attached hydrogen (secondary N) is 1. The Kier molecular flexibility index (Phi) is 8.09. The van der Waals surface area contributed by atoms with E-state index in [1.807, 2.05) is 0 Å². The van der Waals surface area contributed by atoms with Crippen LogP contribution in [-0.4, -0.2) is 88.1 Å². The minimum Gasteiger partial charge on any atom is -0.481 e. The number of carboxylic acids is 1. The van der Waals surface area contributed by atoms with E-state index in [0.717, 1.165) is 13.2 Å². The first kappa shape index (κ1) is 30.6. The fourth-order valence-electron chi connectivity index (χ4n) is 5.23. The SMILES string of the molecule is COC(=O)C1=C(CN2CC(F)(F)C3C2C=NN3C(=O)CC(C)(C)C(=O)O)NC(c2nccs2)=NC1c1cccc(F)c1Cl. The van der Waals surface area contributed by atoms with Crippen molar-refractivity contribution in [2.75, 3.05) is 20.2 Å². The number of alkyl halides is 2. The van der Waals surface area contributed by atoms with Crippen LogP contribution in [-0.2, 0) is 19.1 Å². The molecule has 2 N–H and O–H groups in total. The van der Waals surface area contributed by atoms with Crippen LogP contribution >= 0.6 is 22.9 Å². The van der Waals surface area contributed by atoms with Gasteiger partial charge in [-0.3, -0.25) is 19.5 Å². The largest absolute Gasteiger partial charge is 0.481 e. The lowest BCUT2D eigenvalue weighted by Crippen LogP contribution is -2.49. The maximum atomic E-state index is 15.5. The number of ether oxygens (including phenoxy) is 1. The zero-order chi connectivity index (χ0) is 31.3. The number of fused-ring (bicyclic) bond motifs is 1. The number of amidine groups is 1. The van der Waals surface area contributed by atoms with E-state index in [4.69, 9.17) is 16.3 Å². The molecule has 0 radical (unpaired) electrons. The number of amides is 1. The second-order valence-electron chi connectivity index (χ2n) is 10.8. The summed E-state index contributed by atoms with van der Waals surface area (Å²) in [7, 11) is 1.14. The van der Waals surface area contributed by atoms with E-state index < -0.39 is 66.1 Å². The number of esters is 1. The predicted octanol–water partition coefficient (Wildman–Crippen LogP) is 3.47. The zero-order valence-electron chi connectivity index (χ0n) is 23.1. The van der Waals surface area contributed by atoms with Gasteiger partial charge in [-0.15, -0.1) is 11.3 Å². The third kappa shape index (κ3) is 5.63. The standard InChI is InChI=1S/C27H26ClF3N6O5S/c1-26(2,25(40)41)9-17(38)37-21-16(10-33-37)36(12-27(21,30)31)11-15-18(24(39)42-3)20(13-5-4-6-14(29)19(13)28)35-22(34-15)23-32-7-8-43-23/h4-8,10,16,20-21H,9,11-12H2,1-3H3,(H,34,35)(H,40,41). The monoisotopic (exact) mass is 638 g/mol. The van der Waals surface area contributed by atoms with Gasteiger partial charge in [0.25, 0.3) is 5.92 Å². The third-order valence-electron chi connectivity index (χ3n) is 7.43. The van der Waals surface area contributed by atoms with Crippen molar-refractivity contribution in [1.82, 2.24) is 20.2 Å². The molecule has 1 amide bonds. The first-order chi connectivity index (χ1) is 20.2. The number of benzene rings is 1. The van der Waals surface area contributed by atoms with Gasteiger partial charge in [0.15, 0.2) is 10.8 Å². The number of aromatic nitrogens is 1. The van der Waals surface area contributed by atoms with Crippen molar-refractivity contribution in [2.24, 2.45) is 15.5 Å². The molecule has 0 spiro atoms. The summed E-state index contributed by atoms with van der Waals surface area (Å²) in [5, 5.41) is 18.9. The second-order valence-corrected chi connectivity index (χ2v) is 12.1. The van der Waals surface area contributed by atoms with E-state index in [0.29, 0.717) is 10.0 Å². The Balaban J connectivity index is 1.52. The molecule has 5 rings (SSSR count). The van der Waals surface area contributed by atoms with Gasteiger partial charge in [-0.2, -0.15) is 5.10 Å². The quantitative estimate of drug-likeness (QED) is 0.420. The van der Waals surface area contributed by atoms with Crippen molar-refractivity contribution in [3.63, 3.8) is 0 Å². The average Bonchev–Trinajstić information content (AvgIpc) is 3.68. The van der Waals surface area contributed by atoms with Gasteiger partial charge in [0.05, 0.1) is 35.7 Å². The molecule has 2 aromatic rings. The molecule has 3 unspecified atom stereocenters. The minimum absolute atomic E-state index is 0.0758. The first-order valence-electron chi connectivity index (χ1n) is 13.0. The summed E-state index contributed by atoms with van der Waals surface area (Å²) in [4.78, 5) is 47.9. The van der Waals surface area contributed by atoms with Crippen molar-refractivity contribution in [3.05, 3.63) is 62.5 Å². The number of rotatable bonds is 8. The van der Waals surface area contributed by atoms with Gasteiger partial charge in [0, 0.05) is 42.0 Å². The molecule has 3 atom stereocenters. The number of hydrazone groups is 1. The van der Waals surface area contributed by atoms with Crippen LogP contribution in [0, 0.1) is 11.2 Å². The zero-order valence-corrected chi connectivity index (χ0v) is 24.6. The molecule has 1 aromatic carbocycles. The number of carboxylic acid groups (broad SMARTS) is 1. The fourth-order valence-corrected chi connectivity index (χ4v) is 6.04. The van der Waals surface area contributed by atoms with Crippen LogP contribution in [0.2, 0.25) is 5.02 Å². The van der Waals surface area contributed by atoms with Crippen LogP contribution in [0.4, 0.5) is 13.2 Å². The molecule has 0 bridgehead atoms. The number of aliphatic carboxylic acids is 1. The van der Waals surface area contributed by atoms with E-state index in [-0.39, 0.29) is 34.2 Å². The van der Waals surface area contributed by atoms with E-state index in [1.54, 1.807) is 5.38 Å². The highest BCUT2D eigenvalue weighted by Gasteiger charge is 2.60. The Bertz CT molecular complexity index is 1560. The molecule has 11 nitrogen and oxygen atoms in total. The van der Waals surface area contributed by atoms with Gasteiger partial charge >= 0.3 is 11.9 Å². The normalized spacial score (nSPS) is 23.2. The summed E-state index contributed by atoms with van der Waals surface area (Å²) >= 11 is 7.53. The van der Waals surface area contributed by atoms with Crippen molar-refractivity contribution in [2.45, 2.75) is 44.3 Å². The van der Waals surface area contributed by atoms with Crippen molar-refractivity contribution < 1.29 is 37.4 Å². The minimum atomic E-state index is -3.44. The fraction of sp³-hybridized carbons (Fsp3) is 0.407. The molecular formula is C27H26ClF3N6O5S. The second kappa shape index (κ2) is 11.4. The van der Waals surface area contributed by atoms with E-state index in [2.05, 4.69) is 20.4 Å². The maximum absolute atomic E-state index is 15.5. The van der Waals surface area contributed by atoms with Gasteiger partial charge in [0.1, 0.15) is 17.9 Å².